The second kappa shape index (κ2) is 13.1. The molecule has 0 saturated heterocycles. The van der Waals surface area contributed by atoms with E-state index in [1.54, 1.807) is 11.8 Å². The Bertz CT molecular complexity index is 586. The van der Waals surface area contributed by atoms with E-state index in [0.29, 0.717) is 5.96 Å². The van der Waals surface area contributed by atoms with Crippen LogP contribution in [0.2, 0.25) is 0 Å². The number of guanidine groups is 1. The molecule has 0 aliphatic carbocycles. The number of hydrogen-bond acceptors (Lipinski definition) is 4. The molecule has 6 nitrogen and oxygen atoms in total. The standard InChI is InChI=1S/C19H32N4O2S.HI/c1-14(2)25-16-9-7-15(8-10-16)22-18(20-11-12-26-6)21-13-17(24)23-19(3,4)5;/h7-10,14H,11-13H2,1-6H3,(H,23,24)(H2,20,21,22);1H. The number of anilines is 1. The van der Waals surface area contributed by atoms with Crippen LogP contribution in [0.1, 0.15) is 34.6 Å². The van der Waals surface area contributed by atoms with Crippen molar-refractivity contribution in [2.75, 3.05) is 30.4 Å². The molecule has 0 radical (unpaired) electrons. The average Bonchev–Trinajstić information content (AvgIpc) is 2.52. The van der Waals surface area contributed by atoms with Crippen LogP contribution >= 0.6 is 35.7 Å². The van der Waals surface area contributed by atoms with Crippen molar-refractivity contribution in [2.24, 2.45) is 4.99 Å². The maximum Gasteiger partial charge on any atom is 0.242 e. The Hall–Kier alpha value is -1.16. The summed E-state index contributed by atoms with van der Waals surface area (Å²) in [5.74, 6) is 2.25. The van der Waals surface area contributed by atoms with Crippen LogP contribution in [0.5, 0.6) is 5.75 Å². The second-order valence-electron chi connectivity index (χ2n) is 7.20. The fraction of sp³-hybridized carbons (Fsp3) is 0.579. The Morgan fingerprint density at radius 1 is 1.22 bits per heavy atom. The molecule has 1 amide bonds. The zero-order chi connectivity index (χ0) is 19.6. The summed E-state index contributed by atoms with van der Waals surface area (Å²) in [7, 11) is 0. The Labute approximate surface area is 184 Å². The molecule has 0 fully saturated rings. The zero-order valence-corrected chi connectivity index (χ0v) is 20.2. The largest absolute Gasteiger partial charge is 0.491 e. The molecule has 0 heterocycles. The molecule has 0 atom stereocenters. The van der Waals surface area contributed by atoms with Gasteiger partial charge in [-0.3, -0.25) is 4.79 Å². The lowest BCUT2D eigenvalue weighted by Crippen LogP contribution is -2.42. The first-order chi connectivity index (χ1) is 12.2. The summed E-state index contributed by atoms with van der Waals surface area (Å²) in [5, 5.41) is 9.38. The fourth-order valence-corrected chi connectivity index (χ4v) is 2.35. The molecule has 154 valence electrons. The summed E-state index contributed by atoms with van der Waals surface area (Å²) in [5.41, 5.74) is 0.617. The van der Waals surface area contributed by atoms with Crippen LogP contribution in [0.15, 0.2) is 29.3 Å². The third-order valence-electron chi connectivity index (χ3n) is 2.98. The van der Waals surface area contributed by atoms with E-state index in [0.717, 1.165) is 23.7 Å². The van der Waals surface area contributed by atoms with Crippen molar-refractivity contribution in [3.05, 3.63) is 24.3 Å². The van der Waals surface area contributed by atoms with E-state index in [-0.39, 0.29) is 48.1 Å². The molecule has 0 aliphatic rings. The van der Waals surface area contributed by atoms with Crippen molar-refractivity contribution < 1.29 is 9.53 Å². The summed E-state index contributed by atoms with van der Waals surface area (Å²) in [6, 6.07) is 7.68. The summed E-state index contributed by atoms with van der Waals surface area (Å²) in [6.45, 7) is 10.7. The van der Waals surface area contributed by atoms with Crippen LogP contribution in [0, 0.1) is 0 Å². The third-order valence-corrected chi connectivity index (χ3v) is 3.60. The predicted molar refractivity (Wildman–Crippen MR) is 128 cm³/mol. The third kappa shape index (κ3) is 12.8. The first-order valence-corrected chi connectivity index (χ1v) is 10.2. The summed E-state index contributed by atoms with van der Waals surface area (Å²) in [4.78, 5) is 16.4. The molecule has 3 N–H and O–H groups in total. The minimum Gasteiger partial charge on any atom is -0.491 e. The number of rotatable bonds is 8. The normalized spacial score (nSPS) is 11.6. The van der Waals surface area contributed by atoms with Crippen LogP contribution in [0.4, 0.5) is 5.69 Å². The Kier molecular flexibility index (Phi) is 12.5. The number of carbonyl (C=O) groups is 1. The quantitative estimate of drug-likeness (QED) is 0.216. The van der Waals surface area contributed by atoms with Crippen LogP contribution in [0.3, 0.4) is 0 Å². The number of thioether (sulfide) groups is 1. The van der Waals surface area contributed by atoms with E-state index in [1.165, 1.54) is 0 Å². The number of carbonyl (C=O) groups excluding carboxylic acids is 1. The van der Waals surface area contributed by atoms with Crippen molar-refractivity contribution in [1.82, 2.24) is 10.6 Å². The van der Waals surface area contributed by atoms with Gasteiger partial charge < -0.3 is 20.7 Å². The lowest BCUT2D eigenvalue weighted by molar-refractivity contribution is -0.121. The monoisotopic (exact) mass is 508 g/mol. The minimum absolute atomic E-state index is 0. The molecule has 0 aliphatic heterocycles. The van der Waals surface area contributed by atoms with E-state index in [4.69, 9.17) is 4.74 Å². The fourth-order valence-electron chi connectivity index (χ4n) is 2.05. The molecule has 0 saturated carbocycles. The van der Waals surface area contributed by atoms with Gasteiger partial charge in [0.2, 0.25) is 5.91 Å². The lowest BCUT2D eigenvalue weighted by Gasteiger charge is -2.20. The second-order valence-corrected chi connectivity index (χ2v) is 8.18. The molecule has 27 heavy (non-hydrogen) atoms. The van der Waals surface area contributed by atoms with Gasteiger partial charge in [0.25, 0.3) is 0 Å². The van der Waals surface area contributed by atoms with Crippen LogP contribution < -0.4 is 20.7 Å². The topological polar surface area (TPSA) is 74.8 Å². The molecule has 0 bridgehead atoms. The molecule has 0 unspecified atom stereocenters. The van der Waals surface area contributed by atoms with Crippen molar-refractivity contribution >= 4 is 53.3 Å². The van der Waals surface area contributed by atoms with Gasteiger partial charge in [0.15, 0.2) is 5.96 Å². The summed E-state index contributed by atoms with van der Waals surface area (Å²) < 4.78 is 5.65. The van der Waals surface area contributed by atoms with Gasteiger partial charge in [-0.15, -0.1) is 24.0 Å². The van der Waals surface area contributed by atoms with Crippen molar-refractivity contribution in [3.63, 3.8) is 0 Å². The summed E-state index contributed by atoms with van der Waals surface area (Å²) in [6.07, 6.45) is 2.19. The van der Waals surface area contributed by atoms with Gasteiger partial charge in [-0.1, -0.05) is 0 Å². The Balaban J connectivity index is 0.00000676. The Morgan fingerprint density at radius 3 is 2.37 bits per heavy atom. The molecule has 1 rings (SSSR count). The van der Waals surface area contributed by atoms with Crippen molar-refractivity contribution in [3.8, 4) is 5.75 Å². The van der Waals surface area contributed by atoms with Crippen LogP contribution in [-0.2, 0) is 4.79 Å². The number of nitrogens with one attached hydrogen (secondary N) is 3. The number of ether oxygens (including phenoxy) is 1. The van der Waals surface area contributed by atoms with E-state index < -0.39 is 0 Å². The zero-order valence-electron chi connectivity index (χ0n) is 17.1. The SMILES string of the molecule is CSCCNC(=NCC(=O)NC(C)(C)C)Nc1ccc(OC(C)C)cc1.I. The number of hydrogen-bond donors (Lipinski definition) is 3. The smallest absolute Gasteiger partial charge is 0.242 e. The molecule has 1 aromatic rings. The van der Waals surface area contributed by atoms with E-state index >= 15 is 0 Å². The predicted octanol–water partition coefficient (Wildman–Crippen LogP) is 3.73. The maximum absolute atomic E-state index is 12.0. The number of aliphatic imine (C=N–C) groups is 1. The molecule has 0 aromatic heterocycles. The number of amides is 1. The molecule has 8 heteroatoms. The first-order valence-electron chi connectivity index (χ1n) is 8.81. The van der Waals surface area contributed by atoms with E-state index in [1.807, 2.05) is 58.9 Å². The molecular weight excluding hydrogens is 475 g/mol. The van der Waals surface area contributed by atoms with Crippen molar-refractivity contribution in [2.45, 2.75) is 46.3 Å². The number of nitrogens with zero attached hydrogens (tertiary/aromatic N) is 1. The average molecular weight is 508 g/mol. The molecular formula is C19H33IN4O2S. The van der Waals surface area contributed by atoms with Gasteiger partial charge in [-0.2, -0.15) is 11.8 Å². The summed E-state index contributed by atoms with van der Waals surface area (Å²) >= 11 is 1.75. The van der Waals surface area contributed by atoms with Gasteiger partial charge in [0, 0.05) is 23.5 Å². The number of halogens is 1. The highest BCUT2D eigenvalue weighted by molar-refractivity contribution is 14.0. The van der Waals surface area contributed by atoms with Crippen LogP contribution in [0.25, 0.3) is 0 Å². The van der Waals surface area contributed by atoms with Crippen LogP contribution in [-0.4, -0.2) is 48.6 Å². The van der Waals surface area contributed by atoms with Gasteiger partial charge in [-0.25, -0.2) is 4.99 Å². The first kappa shape index (κ1) is 25.8. The van der Waals surface area contributed by atoms with E-state index in [2.05, 4.69) is 27.2 Å². The van der Waals surface area contributed by atoms with Gasteiger partial charge in [0.1, 0.15) is 12.3 Å². The highest BCUT2D eigenvalue weighted by Crippen LogP contribution is 2.16. The highest BCUT2D eigenvalue weighted by Gasteiger charge is 2.13. The molecule has 0 spiro atoms. The van der Waals surface area contributed by atoms with Gasteiger partial charge in [0.05, 0.1) is 6.10 Å². The minimum atomic E-state index is -0.265. The maximum atomic E-state index is 12.0. The van der Waals surface area contributed by atoms with Gasteiger partial charge in [-0.05, 0) is 65.1 Å². The van der Waals surface area contributed by atoms with E-state index in [9.17, 15) is 4.79 Å². The molecule has 1 aromatic carbocycles. The van der Waals surface area contributed by atoms with Crippen molar-refractivity contribution in [1.29, 1.82) is 0 Å². The highest BCUT2D eigenvalue weighted by atomic mass is 127. The Morgan fingerprint density at radius 2 is 1.85 bits per heavy atom. The lowest BCUT2D eigenvalue weighted by atomic mass is 10.1. The number of benzene rings is 1. The van der Waals surface area contributed by atoms with Gasteiger partial charge >= 0.3 is 0 Å².